The van der Waals surface area contributed by atoms with Crippen LogP contribution >= 0.6 is 12.2 Å². The minimum Gasteiger partial charge on any atom is -0.454 e. The Morgan fingerprint density at radius 3 is 2.85 bits per heavy atom. The first kappa shape index (κ1) is 19.8. The van der Waals surface area contributed by atoms with Crippen molar-refractivity contribution in [3.63, 3.8) is 0 Å². The van der Waals surface area contributed by atoms with Crippen LogP contribution in [0.1, 0.15) is 32.8 Å². The minimum atomic E-state index is -0.389. The Hall–Kier alpha value is -2.55. The quantitative estimate of drug-likeness (QED) is 0.377. The molecule has 0 atom stereocenters. The van der Waals surface area contributed by atoms with Crippen LogP contribution in [0.15, 0.2) is 23.4 Å². The SMILES string of the molecule is C/C(=N/OCC(=O)NNC(=S)NCCC(C)C)c1ccc2c(c1)OCO2. The maximum atomic E-state index is 11.7. The minimum absolute atomic E-state index is 0.215. The van der Waals surface area contributed by atoms with E-state index in [4.69, 9.17) is 26.5 Å². The van der Waals surface area contributed by atoms with Crippen molar-refractivity contribution in [2.45, 2.75) is 27.2 Å². The van der Waals surface area contributed by atoms with Crippen LogP contribution in [0.3, 0.4) is 0 Å². The number of ether oxygens (including phenoxy) is 2. The number of benzene rings is 1. The summed E-state index contributed by atoms with van der Waals surface area (Å²) in [7, 11) is 0. The van der Waals surface area contributed by atoms with Gasteiger partial charge in [-0.2, -0.15) is 0 Å². The van der Waals surface area contributed by atoms with E-state index >= 15 is 0 Å². The highest BCUT2D eigenvalue weighted by atomic mass is 32.1. The summed E-state index contributed by atoms with van der Waals surface area (Å²) >= 11 is 5.05. The van der Waals surface area contributed by atoms with Crippen molar-refractivity contribution < 1.29 is 19.1 Å². The predicted octanol–water partition coefficient (Wildman–Crippen LogP) is 1.70. The second-order valence-corrected chi connectivity index (χ2v) is 6.54. The Bertz CT molecular complexity index is 679. The van der Waals surface area contributed by atoms with Crippen molar-refractivity contribution in [2.75, 3.05) is 19.9 Å². The molecular formula is C17H24N4O4S. The summed E-state index contributed by atoms with van der Waals surface area (Å²) in [6.45, 7) is 6.76. The van der Waals surface area contributed by atoms with Gasteiger partial charge in [0.05, 0.1) is 5.71 Å². The Labute approximate surface area is 158 Å². The highest BCUT2D eigenvalue weighted by Gasteiger charge is 2.14. The first-order valence-electron chi connectivity index (χ1n) is 8.35. The van der Waals surface area contributed by atoms with E-state index in [2.05, 4.69) is 35.2 Å². The summed E-state index contributed by atoms with van der Waals surface area (Å²) in [6.07, 6.45) is 0.993. The van der Waals surface area contributed by atoms with Crippen LogP contribution in [0, 0.1) is 5.92 Å². The molecule has 26 heavy (non-hydrogen) atoms. The zero-order valence-electron chi connectivity index (χ0n) is 15.1. The van der Waals surface area contributed by atoms with Crippen molar-refractivity contribution in [2.24, 2.45) is 11.1 Å². The van der Waals surface area contributed by atoms with Crippen LogP contribution in [-0.2, 0) is 9.63 Å². The zero-order chi connectivity index (χ0) is 18.9. The van der Waals surface area contributed by atoms with Gasteiger partial charge in [0.25, 0.3) is 5.91 Å². The van der Waals surface area contributed by atoms with E-state index in [1.54, 1.807) is 13.0 Å². The van der Waals surface area contributed by atoms with E-state index in [1.807, 2.05) is 12.1 Å². The number of hydrogen-bond acceptors (Lipinski definition) is 6. The molecule has 0 bridgehead atoms. The van der Waals surface area contributed by atoms with Crippen molar-refractivity contribution in [3.05, 3.63) is 23.8 Å². The molecule has 142 valence electrons. The molecule has 0 aliphatic carbocycles. The average molecular weight is 380 g/mol. The lowest BCUT2D eigenvalue weighted by Crippen LogP contribution is -2.48. The Balaban J connectivity index is 1.68. The fourth-order valence-electron chi connectivity index (χ4n) is 2.04. The number of nitrogens with one attached hydrogen (secondary N) is 3. The smallest absolute Gasteiger partial charge is 0.279 e. The van der Waals surface area contributed by atoms with Gasteiger partial charge in [-0.05, 0) is 49.7 Å². The van der Waals surface area contributed by atoms with Gasteiger partial charge in [-0.25, -0.2) is 0 Å². The summed E-state index contributed by atoms with van der Waals surface area (Å²) in [5.41, 5.74) is 6.50. The number of hydrogen-bond donors (Lipinski definition) is 3. The number of thiocarbonyl (C=S) groups is 1. The first-order chi connectivity index (χ1) is 12.5. The van der Waals surface area contributed by atoms with Gasteiger partial charge in [0, 0.05) is 12.1 Å². The molecule has 1 aromatic carbocycles. The summed E-state index contributed by atoms with van der Waals surface area (Å²) in [4.78, 5) is 16.8. The van der Waals surface area contributed by atoms with Gasteiger partial charge in [-0.1, -0.05) is 19.0 Å². The summed E-state index contributed by atoms with van der Waals surface area (Å²) in [5.74, 6) is 1.56. The van der Waals surface area contributed by atoms with E-state index in [-0.39, 0.29) is 19.3 Å². The Morgan fingerprint density at radius 2 is 2.08 bits per heavy atom. The molecule has 8 nitrogen and oxygen atoms in total. The third kappa shape index (κ3) is 6.40. The standard InChI is InChI=1S/C17H24N4O4S/c1-11(2)6-7-18-17(26)20-19-16(22)9-25-21-12(3)13-4-5-14-15(8-13)24-10-23-14/h4-5,8,11H,6-7,9-10H2,1-3H3,(H,19,22)(H2,18,20,26)/b21-12-. The number of hydrazine groups is 1. The van der Waals surface area contributed by atoms with Crippen LogP contribution in [0.5, 0.6) is 11.5 Å². The van der Waals surface area contributed by atoms with Gasteiger partial charge in [0.1, 0.15) is 0 Å². The van der Waals surface area contributed by atoms with E-state index in [0.29, 0.717) is 28.2 Å². The second kappa shape index (κ2) is 9.81. The van der Waals surface area contributed by atoms with Crippen molar-refractivity contribution in [1.82, 2.24) is 16.2 Å². The monoisotopic (exact) mass is 380 g/mol. The van der Waals surface area contributed by atoms with Crippen molar-refractivity contribution >= 4 is 28.9 Å². The third-order valence-electron chi connectivity index (χ3n) is 3.51. The Morgan fingerprint density at radius 1 is 1.31 bits per heavy atom. The Kier molecular flexibility index (Phi) is 7.46. The van der Waals surface area contributed by atoms with Gasteiger partial charge in [0.15, 0.2) is 23.2 Å². The molecule has 1 aromatic rings. The maximum Gasteiger partial charge on any atom is 0.279 e. The lowest BCUT2D eigenvalue weighted by molar-refractivity contribution is -0.126. The number of oxime groups is 1. The van der Waals surface area contributed by atoms with Gasteiger partial charge >= 0.3 is 0 Å². The molecule has 0 unspecified atom stereocenters. The van der Waals surface area contributed by atoms with E-state index in [9.17, 15) is 4.79 Å². The topological polar surface area (TPSA) is 93.2 Å². The number of nitrogens with zero attached hydrogens (tertiary/aromatic N) is 1. The fraction of sp³-hybridized carbons (Fsp3) is 0.471. The number of carbonyl (C=O) groups is 1. The predicted molar refractivity (Wildman–Crippen MR) is 102 cm³/mol. The molecule has 0 aromatic heterocycles. The molecule has 0 spiro atoms. The number of carbonyl (C=O) groups excluding carboxylic acids is 1. The lowest BCUT2D eigenvalue weighted by Gasteiger charge is -2.12. The molecule has 1 aliphatic heterocycles. The number of fused-ring (bicyclic) bond motifs is 1. The summed E-state index contributed by atoms with van der Waals surface area (Å²) in [5, 5.41) is 7.30. The molecular weight excluding hydrogens is 356 g/mol. The number of amides is 1. The largest absolute Gasteiger partial charge is 0.454 e. The highest BCUT2D eigenvalue weighted by molar-refractivity contribution is 7.80. The van der Waals surface area contributed by atoms with E-state index in [0.717, 1.165) is 18.5 Å². The van der Waals surface area contributed by atoms with E-state index in [1.165, 1.54) is 0 Å². The lowest BCUT2D eigenvalue weighted by atomic mass is 10.1. The van der Waals surface area contributed by atoms with Gasteiger partial charge in [-0.15, -0.1) is 0 Å². The normalized spacial score (nSPS) is 12.7. The molecule has 3 N–H and O–H groups in total. The zero-order valence-corrected chi connectivity index (χ0v) is 15.9. The highest BCUT2D eigenvalue weighted by Crippen LogP contribution is 2.32. The van der Waals surface area contributed by atoms with Crippen molar-refractivity contribution in [1.29, 1.82) is 0 Å². The molecule has 0 radical (unpaired) electrons. The molecule has 1 amide bonds. The van der Waals surface area contributed by atoms with Crippen LogP contribution in [0.25, 0.3) is 0 Å². The molecule has 2 rings (SSSR count). The molecule has 1 heterocycles. The summed E-state index contributed by atoms with van der Waals surface area (Å²) < 4.78 is 10.6. The summed E-state index contributed by atoms with van der Waals surface area (Å²) in [6, 6.07) is 5.46. The maximum absolute atomic E-state index is 11.7. The van der Waals surface area contributed by atoms with Crippen LogP contribution in [-0.4, -0.2) is 36.7 Å². The third-order valence-corrected chi connectivity index (χ3v) is 3.76. The van der Waals surface area contributed by atoms with Gasteiger partial charge < -0.3 is 19.6 Å². The molecule has 9 heteroatoms. The number of rotatable bonds is 7. The molecule has 1 aliphatic rings. The second-order valence-electron chi connectivity index (χ2n) is 6.13. The average Bonchev–Trinajstić information content (AvgIpc) is 3.07. The van der Waals surface area contributed by atoms with Gasteiger partial charge in [-0.3, -0.25) is 15.6 Å². The van der Waals surface area contributed by atoms with E-state index < -0.39 is 0 Å². The molecule has 0 saturated heterocycles. The first-order valence-corrected chi connectivity index (χ1v) is 8.76. The fourth-order valence-corrected chi connectivity index (χ4v) is 2.20. The molecule has 0 saturated carbocycles. The van der Waals surface area contributed by atoms with Crippen LogP contribution in [0.2, 0.25) is 0 Å². The van der Waals surface area contributed by atoms with Gasteiger partial charge in [0.2, 0.25) is 6.79 Å². The van der Waals surface area contributed by atoms with Crippen molar-refractivity contribution in [3.8, 4) is 11.5 Å². The van der Waals surface area contributed by atoms with Crippen LogP contribution in [0.4, 0.5) is 0 Å². The molecule has 0 fully saturated rings. The van der Waals surface area contributed by atoms with Crippen LogP contribution < -0.4 is 25.6 Å².